The molecule has 2 aromatic rings. The van der Waals surface area contributed by atoms with Gasteiger partial charge >= 0.3 is 5.97 Å². The molecular formula is C22H22N2O2. The Kier molecular flexibility index (Phi) is 4.59. The molecule has 4 heteroatoms. The van der Waals surface area contributed by atoms with E-state index < -0.39 is 5.97 Å². The maximum atomic E-state index is 11.2. The molecule has 1 aliphatic carbocycles. The Morgan fingerprint density at radius 1 is 1.15 bits per heavy atom. The molecule has 132 valence electrons. The van der Waals surface area contributed by atoms with Crippen molar-refractivity contribution in [1.82, 2.24) is 9.88 Å². The fourth-order valence-corrected chi connectivity index (χ4v) is 3.63. The zero-order valence-corrected chi connectivity index (χ0v) is 14.6. The van der Waals surface area contributed by atoms with Gasteiger partial charge in [0.25, 0.3) is 0 Å². The van der Waals surface area contributed by atoms with Gasteiger partial charge in [-0.1, -0.05) is 54.6 Å². The highest BCUT2D eigenvalue weighted by Gasteiger charge is 2.16. The Hall–Kier alpha value is -2.85. The van der Waals surface area contributed by atoms with E-state index in [4.69, 9.17) is 0 Å². The molecule has 26 heavy (non-hydrogen) atoms. The van der Waals surface area contributed by atoms with Crippen molar-refractivity contribution in [2.45, 2.75) is 19.4 Å². The molecule has 0 amide bonds. The number of H-pyrrole nitrogens is 1. The van der Waals surface area contributed by atoms with Crippen LogP contribution in [0, 0.1) is 0 Å². The van der Waals surface area contributed by atoms with E-state index in [2.05, 4.69) is 46.4 Å². The van der Waals surface area contributed by atoms with E-state index in [9.17, 15) is 9.90 Å². The molecule has 2 aliphatic rings. The Balaban J connectivity index is 1.56. The summed E-state index contributed by atoms with van der Waals surface area (Å²) < 4.78 is 0. The first-order chi connectivity index (χ1) is 12.7. The van der Waals surface area contributed by atoms with Crippen molar-refractivity contribution >= 4 is 23.7 Å². The first-order valence-corrected chi connectivity index (χ1v) is 8.98. The van der Waals surface area contributed by atoms with E-state index in [-0.39, 0.29) is 0 Å². The second kappa shape index (κ2) is 7.18. The van der Waals surface area contributed by atoms with Gasteiger partial charge in [-0.2, -0.15) is 0 Å². The van der Waals surface area contributed by atoms with Crippen molar-refractivity contribution in [1.29, 1.82) is 0 Å². The minimum atomic E-state index is -0.849. The SMILES string of the molecule is O=C(O)C1=CC=c2c(C3=CCN(Cc4ccccc4)CC3)c[nH]c2=CC1. The lowest BCUT2D eigenvalue weighted by Crippen LogP contribution is -2.30. The number of hydrogen-bond donors (Lipinski definition) is 2. The van der Waals surface area contributed by atoms with Gasteiger partial charge < -0.3 is 10.1 Å². The average molecular weight is 346 g/mol. The summed E-state index contributed by atoms with van der Waals surface area (Å²) in [7, 11) is 0. The van der Waals surface area contributed by atoms with Crippen LogP contribution in [0.2, 0.25) is 0 Å². The maximum absolute atomic E-state index is 11.2. The molecular weight excluding hydrogens is 324 g/mol. The third-order valence-electron chi connectivity index (χ3n) is 5.09. The fourth-order valence-electron chi connectivity index (χ4n) is 3.63. The average Bonchev–Trinajstić information content (AvgIpc) is 2.94. The van der Waals surface area contributed by atoms with E-state index in [0.29, 0.717) is 12.0 Å². The zero-order chi connectivity index (χ0) is 17.9. The maximum Gasteiger partial charge on any atom is 0.331 e. The molecule has 0 spiro atoms. The number of carboxylic acid groups (broad SMARTS) is 1. The molecule has 1 aliphatic heterocycles. The number of allylic oxidation sites excluding steroid dienone is 1. The van der Waals surface area contributed by atoms with Gasteiger partial charge in [-0.05, 0) is 24.0 Å². The van der Waals surface area contributed by atoms with Gasteiger partial charge in [0.1, 0.15) is 0 Å². The van der Waals surface area contributed by atoms with Crippen LogP contribution in [0.15, 0.2) is 54.3 Å². The Bertz CT molecular complexity index is 997. The minimum absolute atomic E-state index is 0.423. The quantitative estimate of drug-likeness (QED) is 0.893. The monoisotopic (exact) mass is 346 g/mol. The summed E-state index contributed by atoms with van der Waals surface area (Å²) in [4.78, 5) is 17.0. The van der Waals surface area contributed by atoms with Gasteiger partial charge in [0.2, 0.25) is 0 Å². The smallest absolute Gasteiger partial charge is 0.331 e. The highest BCUT2D eigenvalue weighted by Crippen LogP contribution is 2.20. The van der Waals surface area contributed by atoms with Crippen LogP contribution in [-0.2, 0) is 11.3 Å². The van der Waals surface area contributed by atoms with E-state index in [1.807, 2.05) is 18.2 Å². The van der Waals surface area contributed by atoms with Crippen molar-refractivity contribution in [3.8, 4) is 0 Å². The molecule has 0 saturated carbocycles. The van der Waals surface area contributed by atoms with Crippen LogP contribution in [0.3, 0.4) is 0 Å². The van der Waals surface area contributed by atoms with Gasteiger partial charge in [-0.15, -0.1) is 0 Å². The van der Waals surface area contributed by atoms with Gasteiger partial charge in [0.15, 0.2) is 0 Å². The molecule has 0 atom stereocenters. The van der Waals surface area contributed by atoms with Gasteiger partial charge in [0, 0.05) is 47.5 Å². The van der Waals surface area contributed by atoms with E-state index in [1.165, 1.54) is 16.7 Å². The lowest BCUT2D eigenvalue weighted by atomic mass is 10.00. The number of hydrogen-bond acceptors (Lipinski definition) is 2. The molecule has 4 nitrogen and oxygen atoms in total. The number of fused-ring (bicyclic) bond motifs is 1. The Labute approximate surface area is 152 Å². The second-order valence-electron chi connectivity index (χ2n) is 6.80. The molecule has 1 aromatic carbocycles. The third kappa shape index (κ3) is 3.41. The molecule has 2 N–H and O–H groups in total. The lowest BCUT2D eigenvalue weighted by Gasteiger charge is -2.26. The molecule has 4 rings (SSSR count). The largest absolute Gasteiger partial charge is 0.478 e. The third-order valence-corrected chi connectivity index (χ3v) is 5.09. The first kappa shape index (κ1) is 16.6. The number of aromatic amines is 1. The van der Waals surface area contributed by atoms with Crippen LogP contribution in [0.1, 0.15) is 24.0 Å². The highest BCUT2D eigenvalue weighted by atomic mass is 16.4. The molecule has 2 heterocycles. The minimum Gasteiger partial charge on any atom is -0.478 e. The Morgan fingerprint density at radius 2 is 2.00 bits per heavy atom. The second-order valence-corrected chi connectivity index (χ2v) is 6.80. The number of rotatable bonds is 4. The van der Waals surface area contributed by atoms with E-state index in [0.717, 1.165) is 36.6 Å². The number of carboxylic acids is 1. The Morgan fingerprint density at radius 3 is 2.73 bits per heavy atom. The molecule has 0 fully saturated rings. The van der Waals surface area contributed by atoms with Crippen LogP contribution in [-0.4, -0.2) is 34.0 Å². The predicted octanol–water partition coefficient (Wildman–Crippen LogP) is 2.28. The van der Waals surface area contributed by atoms with Crippen molar-refractivity contribution < 1.29 is 9.90 Å². The predicted molar refractivity (Wildman–Crippen MR) is 104 cm³/mol. The summed E-state index contributed by atoms with van der Waals surface area (Å²) >= 11 is 0. The lowest BCUT2D eigenvalue weighted by molar-refractivity contribution is -0.132. The van der Waals surface area contributed by atoms with E-state index in [1.54, 1.807) is 6.08 Å². The van der Waals surface area contributed by atoms with Gasteiger partial charge in [0.05, 0.1) is 0 Å². The van der Waals surface area contributed by atoms with Crippen LogP contribution in [0.5, 0.6) is 0 Å². The molecule has 0 saturated heterocycles. The van der Waals surface area contributed by atoms with Gasteiger partial charge in [-0.25, -0.2) is 4.79 Å². The normalized spacial score (nSPS) is 17.2. The zero-order valence-electron chi connectivity index (χ0n) is 14.6. The number of aromatic nitrogens is 1. The molecule has 0 unspecified atom stereocenters. The number of carbonyl (C=O) groups is 1. The van der Waals surface area contributed by atoms with Crippen LogP contribution in [0.4, 0.5) is 0 Å². The summed E-state index contributed by atoms with van der Waals surface area (Å²) in [5, 5.41) is 11.3. The van der Waals surface area contributed by atoms with E-state index >= 15 is 0 Å². The number of nitrogens with zero attached hydrogens (tertiary/aromatic N) is 1. The number of aliphatic carboxylic acids is 1. The summed E-state index contributed by atoms with van der Waals surface area (Å²) in [6.45, 7) is 2.94. The topological polar surface area (TPSA) is 56.3 Å². The van der Waals surface area contributed by atoms with Crippen molar-refractivity contribution in [2.75, 3.05) is 13.1 Å². The van der Waals surface area contributed by atoms with Crippen molar-refractivity contribution in [3.05, 3.63) is 75.9 Å². The molecule has 0 radical (unpaired) electrons. The summed E-state index contributed by atoms with van der Waals surface area (Å²) in [6.07, 6.45) is 11.4. The summed E-state index contributed by atoms with van der Waals surface area (Å²) in [6, 6.07) is 10.6. The van der Waals surface area contributed by atoms with Crippen molar-refractivity contribution in [3.63, 3.8) is 0 Å². The molecule has 0 bridgehead atoms. The highest BCUT2D eigenvalue weighted by molar-refractivity contribution is 5.89. The molecule has 1 aromatic heterocycles. The van der Waals surface area contributed by atoms with Crippen molar-refractivity contribution in [2.24, 2.45) is 0 Å². The van der Waals surface area contributed by atoms with Crippen LogP contribution < -0.4 is 10.6 Å². The number of benzene rings is 1. The first-order valence-electron chi connectivity index (χ1n) is 8.98. The fraction of sp³-hybridized carbons (Fsp3) is 0.227. The standard InChI is InChI=1S/C22H22N2O2/c25-22(26)18-6-8-19-20(14-23-21(19)9-7-18)17-10-12-24(13-11-17)15-16-4-2-1-3-5-16/h1-6,8-10,14,23H,7,11-13,15H2,(H,25,26). The number of nitrogens with one attached hydrogen (secondary N) is 1. The van der Waals surface area contributed by atoms with Crippen LogP contribution in [0.25, 0.3) is 17.7 Å². The summed E-state index contributed by atoms with van der Waals surface area (Å²) in [5.74, 6) is -0.849. The van der Waals surface area contributed by atoms with Crippen LogP contribution >= 0.6 is 0 Å². The van der Waals surface area contributed by atoms with Gasteiger partial charge in [-0.3, -0.25) is 4.90 Å². The summed E-state index contributed by atoms with van der Waals surface area (Å²) in [5.41, 5.74) is 4.29.